The third-order valence-corrected chi connectivity index (χ3v) is 7.11. The predicted octanol–water partition coefficient (Wildman–Crippen LogP) is 4.10. The summed E-state index contributed by atoms with van der Waals surface area (Å²) in [5.41, 5.74) is 11.2. The third kappa shape index (κ3) is 5.15. The zero-order valence-corrected chi connectivity index (χ0v) is 22.8. The maximum atomic E-state index is 12.3. The molecule has 1 aliphatic rings. The van der Waals surface area contributed by atoms with Gasteiger partial charge in [0.05, 0.1) is 6.33 Å². The molecule has 15 heteroatoms. The number of benzene rings is 2. The van der Waals surface area contributed by atoms with Crippen molar-refractivity contribution in [3.05, 3.63) is 88.0 Å². The molecule has 6 rings (SSSR count). The van der Waals surface area contributed by atoms with Crippen molar-refractivity contribution in [1.29, 1.82) is 0 Å². The summed E-state index contributed by atoms with van der Waals surface area (Å²) in [6, 6.07) is 13.9. The van der Waals surface area contributed by atoms with E-state index in [0.29, 0.717) is 33.5 Å². The van der Waals surface area contributed by atoms with Gasteiger partial charge in [0, 0.05) is 34.5 Å². The monoisotopic (exact) mass is 589 g/mol. The lowest BCUT2D eigenvalue weighted by molar-refractivity contribution is -0.134. The minimum atomic E-state index is -1.33. The van der Waals surface area contributed by atoms with Crippen LogP contribution in [0.1, 0.15) is 17.6 Å². The van der Waals surface area contributed by atoms with E-state index < -0.39 is 30.4 Å². The molecule has 1 saturated heterocycles. The van der Waals surface area contributed by atoms with Gasteiger partial charge in [-0.05, 0) is 35.9 Å². The number of nitrogens with zero attached hydrogens (tertiary/aromatic N) is 7. The van der Waals surface area contributed by atoms with E-state index in [0.717, 1.165) is 16.5 Å². The molecular formula is C27H24ClN9O5. The molecule has 214 valence electrons. The Balaban J connectivity index is 1.21. The fraction of sp³-hybridized carbons (Fsp3) is 0.259. The molecule has 3 N–H and O–H groups in total. The predicted molar refractivity (Wildman–Crippen MR) is 152 cm³/mol. The Morgan fingerprint density at radius 2 is 2.10 bits per heavy atom. The molecule has 1 amide bonds. The maximum absolute atomic E-state index is 12.3. The number of nitrogens with one attached hydrogen (secondary N) is 2. The summed E-state index contributed by atoms with van der Waals surface area (Å²) in [5, 5.41) is 21.7. The molecule has 1 fully saturated rings. The zero-order chi connectivity index (χ0) is 29.2. The number of carbonyl (C=O) groups excluding carboxylic acids is 1. The highest BCUT2D eigenvalue weighted by atomic mass is 35.5. The molecule has 4 heterocycles. The Labute approximate surface area is 242 Å². The fourth-order valence-corrected chi connectivity index (χ4v) is 5.06. The largest absolute Gasteiger partial charge is 0.485 e. The van der Waals surface area contributed by atoms with Gasteiger partial charge in [0.15, 0.2) is 23.2 Å². The number of aromatic nitrogens is 4. The molecule has 2 aromatic carbocycles. The quantitative estimate of drug-likeness (QED) is 0.129. The molecular weight excluding hydrogens is 566 g/mol. The van der Waals surface area contributed by atoms with Crippen molar-refractivity contribution < 1.29 is 23.8 Å². The van der Waals surface area contributed by atoms with Crippen molar-refractivity contribution >= 4 is 45.5 Å². The number of halogens is 1. The van der Waals surface area contributed by atoms with Crippen molar-refractivity contribution in [3.8, 4) is 5.75 Å². The molecule has 0 saturated carbocycles. The lowest BCUT2D eigenvalue weighted by Gasteiger charge is -2.17. The van der Waals surface area contributed by atoms with Crippen molar-refractivity contribution in [1.82, 2.24) is 24.8 Å². The first-order valence-electron chi connectivity index (χ1n) is 12.9. The van der Waals surface area contributed by atoms with Crippen LogP contribution in [0.25, 0.3) is 32.6 Å². The van der Waals surface area contributed by atoms with E-state index in [1.807, 2.05) is 30.3 Å². The Kier molecular flexibility index (Phi) is 7.50. The number of imidazole rings is 1. The molecule has 3 aromatic heterocycles. The SMILES string of the molecule is CNC(=O)[C@H]1O[C@@H](n2cnc3c(NCc4cc(Cl)ccc4OCc4cc5ccccc5o4)ncnc32)[C@H](O)[C@@H]1N=[N+]=[N-]. The first kappa shape index (κ1) is 27.3. The van der Waals surface area contributed by atoms with Gasteiger partial charge in [-0.15, -0.1) is 0 Å². The number of amides is 1. The summed E-state index contributed by atoms with van der Waals surface area (Å²) in [6.07, 6.45) is -0.850. The van der Waals surface area contributed by atoms with Gasteiger partial charge in [-0.3, -0.25) is 9.36 Å². The lowest BCUT2D eigenvalue weighted by Crippen LogP contribution is -2.40. The third-order valence-electron chi connectivity index (χ3n) is 6.88. The second-order valence-corrected chi connectivity index (χ2v) is 9.88. The number of carbonyl (C=O) groups is 1. The molecule has 1 aliphatic heterocycles. The first-order valence-corrected chi connectivity index (χ1v) is 13.2. The molecule has 0 radical (unpaired) electrons. The Morgan fingerprint density at radius 3 is 2.90 bits per heavy atom. The van der Waals surface area contributed by atoms with Crippen molar-refractivity contribution in [2.45, 2.75) is 37.6 Å². The standard InChI is InChI=1S/C27H24ClN9O5/c1-30-26(39)23-20(35-36-29)22(38)27(42-23)37-13-34-21-24(32-12-33-25(21)37)31-10-15-8-16(28)6-7-18(15)40-11-17-9-14-4-2-3-5-19(14)41-17/h2-9,12-13,20,22-23,27,38H,10-11H2,1H3,(H,30,39)(H,31,32,33)/t20-,22+,23-,27+/m0/s1. The van der Waals surface area contributed by atoms with Crippen LogP contribution in [0.2, 0.25) is 5.02 Å². The smallest absolute Gasteiger partial charge is 0.249 e. The van der Waals surface area contributed by atoms with Gasteiger partial charge in [0.25, 0.3) is 0 Å². The highest BCUT2D eigenvalue weighted by Crippen LogP contribution is 2.34. The number of rotatable bonds is 9. The highest BCUT2D eigenvalue weighted by Gasteiger charge is 2.48. The lowest BCUT2D eigenvalue weighted by atomic mass is 10.1. The molecule has 0 aliphatic carbocycles. The van der Waals surface area contributed by atoms with Gasteiger partial charge in [-0.25, -0.2) is 15.0 Å². The van der Waals surface area contributed by atoms with Crippen LogP contribution in [0.15, 0.2) is 70.7 Å². The molecule has 42 heavy (non-hydrogen) atoms. The van der Waals surface area contributed by atoms with E-state index in [4.69, 9.17) is 31.0 Å². The van der Waals surface area contributed by atoms with Crippen LogP contribution >= 0.6 is 11.6 Å². The second kappa shape index (κ2) is 11.5. The maximum Gasteiger partial charge on any atom is 0.249 e. The number of azide groups is 1. The normalized spacial score (nSPS) is 20.0. The van der Waals surface area contributed by atoms with Gasteiger partial charge in [0.2, 0.25) is 5.91 Å². The van der Waals surface area contributed by atoms with Crippen LogP contribution in [-0.4, -0.2) is 55.8 Å². The number of fused-ring (bicyclic) bond motifs is 2. The minimum Gasteiger partial charge on any atom is -0.485 e. The van der Waals surface area contributed by atoms with Gasteiger partial charge >= 0.3 is 0 Å². The first-order chi connectivity index (χ1) is 20.5. The molecule has 5 aromatic rings. The van der Waals surface area contributed by atoms with E-state index in [9.17, 15) is 9.90 Å². The number of anilines is 1. The van der Waals surface area contributed by atoms with E-state index in [2.05, 4.69) is 35.6 Å². The van der Waals surface area contributed by atoms with Crippen molar-refractivity contribution in [3.63, 3.8) is 0 Å². The average Bonchev–Trinajstić information content (AvgIpc) is 3.71. The van der Waals surface area contributed by atoms with E-state index in [1.165, 1.54) is 24.3 Å². The number of likely N-dealkylation sites (N-methyl/N-ethyl adjacent to an activating group) is 1. The van der Waals surface area contributed by atoms with E-state index >= 15 is 0 Å². The summed E-state index contributed by atoms with van der Waals surface area (Å²) in [7, 11) is 1.42. The van der Waals surface area contributed by atoms with E-state index in [-0.39, 0.29) is 13.2 Å². The Hall–Kier alpha value is -4.88. The van der Waals surface area contributed by atoms with Gasteiger partial charge in [0.1, 0.15) is 48.3 Å². The van der Waals surface area contributed by atoms with Crippen LogP contribution < -0.4 is 15.4 Å². The molecule has 4 atom stereocenters. The van der Waals surface area contributed by atoms with Gasteiger partial charge < -0.3 is 29.6 Å². The zero-order valence-electron chi connectivity index (χ0n) is 22.1. The number of para-hydroxylation sites is 1. The topological polar surface area (TPSA) is 185 Å². The second-order valence-electron chi connectivity index (χ2n) is 9.44. The summed E-state index contributed by atoms with van der Waals surface area (Å²) in [6.45, 7) is 0.512. The Bertz CT molecular complexity index is 1790. The Morgan fingerprint density at radius 1 is 1.24 bits per heavy atom. The number of furan rings is 1. The van der Waals surface area contributed by atoms with Crippen LogP contribution in [0.5, 0.6) is 5.75 Å². The van der Waals surface area contributed by atoms with Crippen LogP contribution in [0.4, 0.5) is 5.82 Å². The summed E-state index contributed by atoms with van der Waals surface area (Å²) in [4.78, 5) is 28.1. The molecule has 0 unspecified atom stereocenters. The average molecular weight is 590 g/mol. The van der Waals surface area contributed by atoms with Gasteiger partial charge in [-0.2, -0.15) is 0 Å². The number of aliphatic hydroxyl groups is 1. The summed E-state index contributed by atoms with van der Waals surface area (Å²) in [5.74, 6) is 1.17. The van der Waals surface area contributed by atoms with Crippen molar-refractivity contribution in [2.75, 3.05) is 12.4 Å². The number of hydrogen-bond donors (Lipinski definition) is 3. The highest BCUT2D eigenvalue weighted by molar-refractivity contribution is 6.30. The number of aliphatic hydroxyl groups excluding tert-OH is 1. The van der Waals surface area contributed by atoms with E-state index in [1.54, 1.807) is 18.2 Å². The molecule has 14 nitrogen and oxygen atoms in total. The summed E-state index contributed by atoms with van der Waals surface area (Å²) >= 11 is 6.29. The van der Waals surface area contributed by atoms with Crippen LogP contribution in [0, 0.1) is 0 Å². The summed E-state index contributed by atoms with van der Waals surface area (Å²) < 4.78 is 19.2. The minimum absolute atomic E-state index is 0.225. The van der Waals surface area contributed by atoms with Crippen LogP contribution in [0.3, 0.4) is 0 Å². The van der Waals surface area contributed by atoms with Crippen LogP contribution in [-0.2, 0) is 22.7 Å². The number of hydrogen-bond acceptors (Lipinski definition) is 10. The number of ether oxygens (including phenoxy) is 2. The van der Waals surface area contributed by atoms with Gasteiger partial charge in [-0.1, -0.05) is 34.9 Å². The molecule has 0 bridgehead atoms. The molecule has 0 spiro atoms. The van der Waals surface area contributed by atoms with Crippen molar-refractivity contribution in [2.24, 2.45) is 5.11 Å². The fourth-order valence-electron chi connectivity index (χ4n) is 4.87.